The van der Waals surface area contributed by atoms with Crippen LogP contribution in [0.25, 0.3) is 0 Å². The van der Waals surface area contributed by atoms with E-state index in [0.29, 0.717) is 24.1 Å². The van der Waals surface area contributed by atoms with Crippen LogP contribution in [-0.4, -0.2) is 27.2 Å². The van der Waals surface area contributed by atoms with Crippen LogP contribution in [0.2, 0.25) is 5.02 Å². The van der Waals surface area contributed by atoms with Crippen molar-refractivity contribution < 1.29 is 9.53 Å². The van der Waals surface area contributed by atoms with Gasteiger partial charge in [-0.1, -0.05) is 53.7 Å². The number of para-hydroxylation sites is 1. The molecule has 0 radical (unpaired) electrons. The van der Waals surface area contributed by atoms with Crippen molar-refractivity contribution in [3.8, 4) is 5.75 Å². The summed E-state index contributed by atoms with van der Waals surface area (Å²) in [5.74, 6) is 2.32. The van der Waals surface area contributed by atoms with Gasteiger partial charge in [0.1, 0.15) is 11.8 Å². The van der Waals surface area contributed by atoms with Gasteiger partial charge in [0.2, 0.25) is 11.1 Å². The van der Waals surface area contributed by atoms with Crippen LogP contribution in [-0.2, 0) is 10.5 Å². The quantitative estimate of drug-likeness (QED) is 0.474. The second kappa shape index (κ2) is 9.00. The highest BCUT2D eigenvalue weighted by Gasteiger charge is 2.38. The number of halogens is 1. The van der Waals surface area contributed by atoms with E-state index in [2.05, 4.69) is 5.32 Å². The topological polar surface area (TPSA) is 69.0 Å². The summed E-state index contributed by atoms with van der Waals surface area (Å²) in [5, 5.41) is 9.57. The van der Waals surface area contributed by atoms with E-state index in [9.17, 15) is 4.79 Å². The van der Waals surface area contributed by atoms with Crippen molar-refractivity contribution >= 4 is 35.1 Å². The predicted octanol–water partition coefficient (Wildman–Crippen LogP) is 5.64. The molecule has 0 amide bonds. The number of carbonyl (C=O) groups excluding carboxylic acids is 1. The Kier molecular flexibility index (Phi) is 5.93. The minimum absolute atomic E-state index is 0.159. The van der Waals surface area contributed by atoms with Crippen LogP contribution in [0.4, 0.5) is 5.95 Å². The number of aromatic nitrogens is 3. The van der Waals surface area contributed by atoms with Crippen molar-refractivity contribution in [1.82, 2.24) is 14.8 Å². The van der Waals surface area contributed by atoms with Crippen molar-refractivity contribution in [1.29, 1.82) is 0 Å². The highest BCUT2D eigenvalue weighted by atomic mass is 35.5. The number of ketones is 1. The SMILES string of the molecule is CCOc1ccccc1[C@H]1C2=C(CCCC2=O)Nc2nc(SCc3ccc(Cl)cc3)nn21. The van der Waals surface area contributed by atoms with Gasteiger partial charge in [-0.15, -0.1) is 5.10 Å². The number of hydrogen-bond acceptors (Lipinski definition) is 6. The Hall–Kier alpha value is -2.77. The second-order valence-electron chi connectivity index (χ2n) is 7.75. The first-order valence-electron chi connectivity index (χ1n) is 10.7. The van der Waals surface area contributed by atoms with Gasteiger partial charge < -0.3 is 10.1 Å². The molecule has 1 aromatic heterocycles. The molecule has 0 bridgehead atoms. The number of thioether (sulfide) groups is 1. The monoisotopic (exact) mass is 466 g/mol. The second-order valence-corrected chi connectivity index (χ2v) is 9.12. The first kappa shape index (κ1) is 21.1. The lowest BCUT2D eigenvalue weighted by Crippen LogP contribution is -2.31. The number of Topliss-reactive ketones (excluding diaryl/α,β-unsaturated/α-hetero) is 1. The normalized spacial score (nSPS) is 17.6. The number of hydrogen-bond donors (Lipinski definition) is 1. The number of allylic oxidation sites excluding steroid dienone is 2. The van der Waals surface area contributed by atoms with Crippen molar-refractivity contribution in [2.45, 2.75) is 43.1 Å². The lowest BCUT2D eigenvalue weighted by atomic mass is 9.85. The summed E-state index contributed by atoms with van der Waals surface area (Å²) in [6, 6.07) is 15.3. The molecule has 0 saturated heterocycles. The Bertz CT molecular complexity index is 1190. The molecule has 0 fully saturated rings. The Morgan fingerprint density at radius 3 is 2.81 bits per heavy atom. The minimum atomic E-state index is -0.353. The maximum Gasteiger partial charge on any atom is 0.227 e. The molecule has 1 N–H and O–H groups in total. The average Bonchev–Trinajstić information content (AvgIpc) is 3.21. The van der Waals surface area contributed by atoms with Crippen molar-refractivity contribution in [3.05, 3.63) is 76.0 Å². The third-order valence-corrected chi connectivity index (χ3v) is 6.80. The van der Waals surface area contributed by atoms with Crippen LogP contribution in [0.15, 0.2) is 65.0 Å². The fourth-order valence-electron chi connectivity index (χ4n) is 4.21. The molecule has 1 aliphatic carbocycles. The molecule has 164 valence electrons. The Balaban J connectivity index is 1.52. The van der Waals surface area contributed by atoms with Gasteiger partial charge >= 0.3 is 0 Å². The predicted molar refractivity (Wildman–Crippen MR) is 126 cm³/mol. The number of carbonyl (C=O) groups is 1. The summed E-state index contributed by atoms with van der Waals surface area (Å²) in [5.41, 5.74) is 3.80. The Labute approximate surface area is 196 Å². The molecule has 0 unspecified atom stereocenters. The lowest BCUT2D eigenvalue weighted by Gasteiger charge is -2.32. The van der Waals surface area contributed by atoms with Gasteiger partial charge in [0, 0.05) is 34.0 Å². The number of rotatable bonds is 6. The van der Waals surface area contributed by atoms with Crippen LogP contribution in [0.3, 0.4) is 0 Å². The number of fused-ring (bicyclic) bond motifs is 1. The smallest absolute Gasteiger partial charge is 0.227 e. The van der Waals surface area contributed by atoms with E-state index in [-0.39, 0.29) is 11.8 Å². The molecule has 2 aliphatic rings. The summed E-state index contributed by atoms with van der Waals surface area (Å²) in [6.45, 7) is 2.51. The molecule has 0 saturated carbocycles. The molecule has 32 heavy (non-hydrogen) atoms. The lowest BCUT2D eigenvalue weighted by molar-refractivity contribution is -0.116. The molecule has 3 aromatic rings. The largest absolute Gasteiger partial charge is 0.494 e. The van der Waals surface area contributed by atoms with Crippen LogP contribution < -0.4 is 10.1 Å². The molecule has 1 atom stereocenters. The number of nitrogens with one attached hydrogen (secondary N) is 1. The summed E-state index contributed by atoms with van der Waals surface area (Å²) in [4.78, 5) is 17.8. The zero-order valence-corrected chi connectivity index (χ0v) is 19.2. The summed E-state index contributed by atoms with van der Waals surface area (Å²) >= 11 is 7.55. The van der Waals surface area contributed by atoms with E-state index in [1.807, 2.05) is 60.1 Å². The highest BCUT2D eigenvalue weighted by Crippen LogP contribution is 2.43. The summed E-state index contributed by atoms with van der Waals surface area (Å²) in [6.07, 6.45) is 2.22. The molecule has 6 nitrogen and oxygen atoms in total. The molecular formula is C24H23ClN4O2S. The number of benzene rings is 2. The molecule has 8 heteroatoms. The zero-order chi connectivity index (χ0) is 22.1. The Morgan fingerprint density at radius 2 is 2.00 bits per heavy atom. The summed E-state index contributed by atoms with van der Waals surface area (Å²) in [7, 11) is 0. The van der Waals surface area contributed by atoms with E-state index in [0.717, 1.165) is 51.8 Å². The molecule has 5 rings (SSSR count). The molecule has 1 aliphatic heterocycles. The van der Waals surface area contributed by atoms with Crippen LogP contribution >= 0.6 is 23.4 Å². The van der Waals surface area contributed by atoms with Gasteiger partial charge in [0.15, 0.2) is 5.78 Å². The van der Waals surface area contributed by atoms with Crippen LogP contribution in [0.1, 0.15) is 43.4 Å². The van der Waals surface area contributed by atoms with Crippen molar-refractivity contribution in [2.24, 2.45) is 0 Å². The fraction of sp³-hybridized carbons (Fsp3) is 0.292. The first-order chi connectivity index (χ1) is 15.6. The van der Waals surface area contributed by atoms with Crippen LogP contribution in [0, 0.1) is 0 Å². The average molecular weight is 467 g/mol. The molecule has 0 spiro atoms. The van der Waals surface area contributed by atoms with Gasteiger partial charge in [0.25, 0.3) is 0 Å². The van der Waals surface area contributed by atoms with E-state index in [4.69, 9.17) is 26.4 Å². The van der Waals surface area contributed by atoms with Gasteiger partial charge in [-0.25, -0.2) is 4.68 Å². The maximum atomic E-state index is 13.0. The van der Waals surface area contributed by atoms with Gasteiger partial charge in [-0.05, 0) is 43.5 Å². The van der Waals surface area contributed by atoms with E-state index in [1.54, 1.807) is 11.8 Å². The number of nitrogens with zero attached hydrogens (tertiary/aromatic N) is 3. The minimum Gasteiger partial charge on any atom is -0.494 e. The third-order valence-electron chi connectivity index (χ3n) is 5.64. The van der Waals surface area contributed by atoms with Gasteiger partial charge in [-0.3, -0.25) is 4.79 Å². The van der Waals surface area contributed by atoms with E-state index < -0.39 is 0 Å². The zero-order valence-electron chi connectivity index (χ0n) is 17.7. The first-order valence-corrected chi connectivity index (χ1v) is 12.1. The highest BCUT2D eigenvalue weighted by molar-refractivity contribution is 7.98. The standard InChI is InChI=1S/C24H23ClN4O2S/c1-2-31-20-9-4-3-6-17(20)22-21-18(7-5-8-19(21)30)26-23-27-24(28-29(22)23)32-14-15-10-12-16(25)13-11-15/h3-4,6,9-13,22H,2,5,7-8,14H2,1H3,(H,26,27,28)/t22-/m0/s1. The molecule has 2 aromatic carbocycles. The molecule has 2 heterocycles. The maximum absolute atomic E-state index is 13.0. The van der Waals surface area contributed by atoms with Gasteiger partial charge in [-0.2, -0.15) is 4.98 Å². The van der Waals surface area contributed by atoms with Crippen LogP contribution in [0.5, 0.6) is 5.75 Å². The Morgan fingerprint density at radius 1 is 1.19 bits per heavy atom. The van der Waals surface area contributed by atoms with Crippen molar-refractivity contribution in [2.75, 3.05) is 11.9 Å². The fourth-order valence-corrected chi connectivity index (χ4v) is 5.12. The number of ether oxygens (including phenoxy) is 1. The van der Waals surface area contributed by atoms with Crippen molar-refractivity contribution in [3.63, 3.8) is 0 Å². The molecular weight excluding hydrogens is 444 g/mol. The number of anilines is 1. The third kappa shape index (κ3) is 4.02. The van der Waals surface area contributed by atoms with E-state index in [1.165, 1.54) is 0 Å². The van der Waals surface area contributed by atoms with E-state index >= 15 is 0 Å². The summed E-state index contributed by atoms with van der Waals surface area (Å²) < 4.78 is 7.75. The van der Waals surface area contributed by atoms with Gasteiger partial charge in [0.05, 0.1) is 6.61 Å².